The lowest BCUT2D eigenvalue weighted by atomic mass is 9.66. The van der Waals surface area contributed by atoms with Gasteiger partial charge in [-0.2, -0.15) is 0 Å². The van der Waals surface area contributed by atoms with Crippen molar-refractivity contribution in [2.75, 3.05) is 26.7 Å². The molecular weight excluding hydrogens is 576 g/mol. The molecule has 1 spiro atoms. The molecule has 3 fully saturated rings. The van der Waals surface area contributed by atoms with Crippen LogP contribution in [0.25, 0.3) is 11.0 Å². The number of likely N-dealkylation sites (tertiary alicyclic amines) is 1. The van der Waals surface area contributed by atoms with E-state index in [1.54, 1.807) is 50.3 Å². The summed E-state index contributed by atoms with van der Waals surface area (Å²) in [7, 11) is 1.73. The highest BCUT2D eigenvalue weighted by Gasteiger charge is 2.78. The van der Waals surface area contributed by atoms with E-state index in [-0.39, 0.29) is 37.5 Å². The number of nitrogens with zero attached hydrogens (tertiary/aromatic N) is 6. The molecule has 2 unspecified atom stereocenters. The number of carbonyl (C=O) groups is 3. The SMILES string of the molecule is C=CCN(C)C(=O)[C@@H]1[C@H]2C(=O)N([C@H](CO)c3ccccc3)C(C(=O)N(CC=C)Cn3nnc4ccccc43)C23CC[C@@]1(C)S3. The number of thioether (sulfide) groups is 1. The number of carbonyl (C=O) groups excluding carboxylic acids is 3. The van der Waals surface area contributed by atoms with Gasteiger partial charge >= 0.3 is 0 Å². The van der Waals surface area contributed by atoms with Crippen molar-refractivity contribution in [1.82, 2.24) is 29.7 Å². The zero-order chi connectivity index (χ0) is 31.2. The fraction of sp³-hybridized carbons (Fsp3) is 0.424. The van der Waals surface area contributed by atoms with Crippen molar-refractivity contribution in [3.05, 3.63) is 85.5 Å². The third-order valence-corrected chi connectivity index (χ3v) is 11.6. The Morgan fingerprint density at radius 2 is 1.80 bits per heavy atom. The number of aliphatic hydroxyl groups is 1. The van der Waals surface area contributed by atoms with E-state index in [1.807, 2.05) is 54.6 Å². The van der Waals surface area contributed by atoms with Crippen molar-refractivity contribution in [1.29, 1.82) is 0 Å². The Morgan fingerprint density at radius 3 is 2.50 bits per heavy atom. The molecule has 3 aliphatic rings. The first kappa shape index (κ1) is 30.1. The molecule has 44 heavy (non-hydrogen) atoms. The van der Waals surface area contributed by atoms with Crippen molar-refractivity contribution < 1.29 is 19.5 Å². The van der Waals surface area contributed by atoms with Crippen molar-refractivity contribution in [3.8, 4) is 0 Å². The molecule has 3 amide bonds. The number of hydrogen-bond acceptors (Lipinski definition) is 7. The average molecular weight is 615 g/mol. The van der Waals surface area contributed by atoms with E-state index in [4.69, 9.17) is 0 Å². The molecule has 4 heterocycles. The summed E-state index contributed by atoms with van der Waals surface area (Å²) in [5.74, 6) is -1.97. The molecule has 1 aromatic heterocycles. The molecule has 2 bridgehead atoms. The molecule has 0 aliphatic carbocycles. The Kier molecular flexibility index (Phi) is 7.87. The number of aliphatic hydroxyl groups excluding tert-OH is 1. The molecule has 6 atom stereocenters. The Bertz CT molecular complexity index is 1610. The summed E-state index contributed by atoms with van der Waals surface area (Å²) < 4.78 is 0.319. The van der Waals surface area contributed by atoms with Gasteiger partial charge in [0, 0.05) is 24.9 Å². The second kappa shape index (κ2) is 11.5. The molecule has 3 saturated heterocycles. The van der Waals surface area contributed by atoms with Gasteiger partial charge in [-0.05, 0) is 37.5 Å². The van der Waals surface area contributed by atoms with Crippen molar-refractivity contribution in [3.63, 3.8) is 0 Å². The van der Waals surface area contributed by atoms with Crippen LogP contribution in [0, 0.1) is 11.8 Å². The molecule has 11 heteroatoms. The van der Waals surface area contributed by atoms with Crippen LogP contribution in [0.5, 0.6) is 0 Å². The van der Waals surface area contributed by atoms with Crippen LogP contribution in [0.4, 0.5) is 0 Å². The van der Waals surface area contributed by atoms with E-state index in [2.05, 4.69) is 30.4 Å². The quantitative estimate of drug-likeness (QED) is 0.330. The number of fused-ring (bicyclic) bond motifs is 2. The Morgan fingerprint density at radius 1 is 1.09 bits per heavy atom. The summed E-state index contributed by atoms with van der Waals surface area (Å²) in [5.41, 5.74) is 2.22. The van der Waals surface area contributed by atoms with E-state index < -0.39 is 33.4 Å². The molecule has 3 aromatic rings. The molecule has 10 nitrogen and oxygen atoms in total. The highest BCUT2D eigenvalue weighted by atomic mass is 32.2. The molecule has 3 aliphatic heterocycles. The summed E-state index contributed by atoms with van der Waals surface area (Å²) in [5, 5.41) is 19.4. The number of likely N-dealkylation sites (N-methyl/N-ethyl adjacent to an activating group) is 1. The molecule has 6 rings (SSSR count). The Hall–Kier alpha value is -3.96. The highest BCUT2D eigenvalue weighted by Crippen LogP contribution is 2.72. The molecule has 1 N–H and O–H groups in total. The van der Waals surface area contributed by atoms with Gasteiger partial charge in [0.15, 0.2) is 0 Å². The second-order valence-electron chi connectivity index (χ2n) is 12.2. The minimum atomic E-state index is -0.915. The monoisotopic (exact) mass is 614 g/mol. The first-order valence-electron chi connectivity index (χ1n) is 14.9. The second-order valence-corrected chi connectivity index (χ2v) is 14.1. The van der Waals surface area contributed by atoms with Gasteiger partial charge in [-0.25, -0.2) is 4.68 Å². The zero-order valence-electron chi connectivity index (χ0n) is 25.1. The van der Waals surface area contributed by atoms with Crippen LogP contribution in [0.2, 0.25) is 0 Å². The first-order valence-corrected chi connectivity index (χ1v) is 15.7. The predicted octanol–water partition coefficient (Wildman–Crippen LogP) is 3.26. The number of aromatic nitrogens is 3. The number of benzene rings is 2. The maximum absolute atomic E-state index is 15.0. The lowest BCUT2D eigenvalue weighted by Gasteiger charge is -2.39. The Labute approximate surface area is 261 Å². The highest BCUT2D eigenvalue weighted by molar-refractivity contribution is 8.02. The van der Waals surface area contributed by atoms with Crippen molar-refractivity contribution in [2.45, 2.75) is 48.0 Å². The molecule has 0 saturated carbocycles. The minimum Gasteiger partial charge on any atom is -0.394 e. The summed E-state index contributed by atoms with van der Waals surface area (Å²) in [4.78, 5) is 48.6. The molecule has 230 valence electrons. The van der Waals surface area contributed by atoms with Crippen molar-refractivity contribution in [2.24, 2.45) is 11.8 Å². The molecule has 2 aromatic carbocycles. The van der Waals surface area contributed by atoms with E-state index in [9.17, 15) is 19.5 Å². The van der Waals surface area contributed by atoms with Gasteiger partial charge in [0.2, 0.25) is 17.7 Å². The van der Waals surface area contributed by atoms with Crippen LogP contribution in [0.3, 0.4) is 0 Å². The minimum absolute atomic E-state index is 0.103. The van der Waals surface area contributed by atoms with Crippen LogP contribution in [-0.2, 0) is 21.1 Å². The summed E-state index contributed by atoms with van der Waals surface area (Å²) >= 11 is 1.61. The maximum atomic E-state index is 15.0. The van der Waals surface area contributed by atoms with Gasteiger partial charge in [0.05, 0.1) is 34.7 Å². The Balaban J connectivity index is 1.46. The van der Waals surface area contributed by atoms with E-state index in [1.165, 1.54) is 0 Å². The molecule has 0 radical (unpaired) electrons. The van der Waals surface area contributed by atoms with E-state index >= 15 is 0 Å². The van der Waals surface area contributed by atoms with E-state index in [0.29, 0.717) is 24.9 Å². The normalized spacial score (nSPS) is 27.8. The summed E-state index contributed by atoms with van der Waals surface area (Å²) in [6.07, 6.45) is 4.63. The number of amides is 3. The van der Waals surface area contributed by atoms with Gasteiger partial charge in [-0.3, -0.25) is 14.4 Å². The third-order valence-electron chi connectivity index (χ3n) is 9.57. The van der Waals surface area contributed by atoms with Gasteiger partial charge in [0.1, 0.15) is 18.2 Å². The smallest absolute Gasteiger partial charge is 0.248 e. The largest absolute Gasteiger partial charge is 0.394 e. The standard InChI is InChI=1S/C33H38N6O4S/c1-5-18-36(4)29(41)26-27-30(42)39(25(20-40)22-12-8-7-9-13-22)28(33(27)17-16-32(26,3)44-33)31(43)37(19-6-2)21-38-24-15-11-10-14-23(24)34-35-38/h5-15,25-28,40H,1-2,16-21H2,3-4H3/t25-,26+,27+,28?,32-,33?/m1/s1. The van der Waals surface area contributed by atoms with Gasteiger partial charge in [-0.1, -0.05) is 59.8 Å². The molecular formula is C33H38N6O4S. The van der Waals surface area contributed by atoms with Gasteiger partial charge < -0.3 is 19.8 Å². The number of para-hydroxylation sites is 1. The van der Waals surface area contributed by atoms with Crippen LogP contribution >= 0.6 is 11.8 Å². The van der Waals surface area contributed by atoms with Gasteiger partial charge in [0.25, 0.3) is 0 Å². The first-order chi connectivity index (χ1) is 21.2. The fourth-order valence-corrected chi connectivity index (χ4v) is 9.97. The predicted molar refractivity (Wildman–Crippen MR) is 169 cm³/mol. The van der Waals surface area contributed by atoms with Crippen LogP contribution in [-0.4, -0.2) is 94.8 Å². The van der Waals surface area contributed by atoms with Crippen LogP contribution in [0.15, 0.2) is 79.9 Å². The average Bonchev–Trinajstić information content (AvgIpc) is 3.73. The van der Waals surface area contributed by atoms with Crippen LogP contribution in [0.1, 0.15) is 31.4 Å². The fourth-order valence-electron chi connectivity index (χ4n) is 7.64. The lowest BCUT2D eigenvalue weighted by molar-refractivity contribution is -0.148. The summed E-state index contributed by atoms with van der Waals surface area (Å²) in [6.45, 7) is 10.1. The number of rotatable bonds is 11. The van der Waals surface area contributed by atoms with Gasteiger partial charge in [-0.15, -0.1) is 30.0 Å². The van der Waals surface area contributed by atoms with E-state index in [0.717, 1.165) is 11.1 Å². The van der Waals surface area contributed by atoms with Crippen LogP contribution < -0.4 is 0 Å². The zero-order valence-corrected chi connectivity index (χ0v) is 25.9. The maximum Gasteiger partial charge on any atom is 0.248 e. The lowest BCUT2D eigenvalue weighted by Crippen LogP contribution is -2.56. The third kappa shape index (κ3) is 4.56. The number of hydrogen-bond donors (Lipinski definition) is 1. The topological polar surface area (TPSA) is 112 Å². The van der Waals surface area contributed by atoms with Crippen molar-refractivity contribution >= 4 is 40.5 Å². The summed E-state index contributed by atoms with van der Waals surface area (Å²) in [6, 6.07) is 15.2.